The number of ether oxygens (including phenoxy) is 1. The van der Waals surface area contributed by atoms with Crippen LogP contribution in [0, 0.1) is 0 Å². The lowest BCUT2D eigenvalue weighted by atomic mass is 10.1. The average Bonchev–Trinajstić information content (AvgIpc) is 2.34. The van der Waals surface area contributed by atoms with Crippen LogP contribution in [0.1, 0.15) is 25.8 Å². The third-order valence-electron chi connectivity index (χ3n) is 2.47. The standard InChI is InChI=1S/C14H18O3/c1-11(10-17-12(2)14(15)16)8-9-13-6-4-3-5-7-13/h3-7,10,12H,8-9H2,1-2H3,(H,15,16)/t12-/m0/s1. The van der Waals surface area contributed by atoms with Gasteiger partial charge in [0.2, 0.25) is 0 Å². The molecule has 17 heavy (non-hydrogen) atoms. The second-order valence-corrected chi connectivity index (χ2v) is 4.07. The summed E-state index contributed by atoms with van der Waals surface area (Å²) in [5.74, 6) is -0.947. The molecule has 1 aromatic rings. The van der Waals surface area contributed by atoms with Crippen LogP contribution in [0.2, 0.25) is 0 Å². The first-order valence-corrected chi connectivity index (χ1v) is 5.67. The van der Waals surface area contributed by atoms with Crippen molar-refractivity contribution in [3.8, 4) is 0 Å². The van der Waals surface area contributed by atoms with Crippen molar-refractivity contribution in [3.05, 3.63) is 47.7 Å². The topological polar surface area (TPSA) is 46.5 Å². The summed E-state index contributed by atoms with van der Waals surface area (Å²) < 4.78 is 5.09. The second-order valence-electron chi connectivity index (χ2n) is 4.07. The van der Waals surface area contributed by atoms with Gasteiger partial charge in [-0.3, -0.25) is 0 Å². The fraction of sp³-hybridized carbons (Fsp3) is 0.357. The molecule has 0 radical (unpaired) electrons. The lowest BCUT2D eigenvalue weighted by molar-refractivity contribution is -0.145. The number of rotatable bonds is 6. The zero-order valence-corrected chi connectivity index (χ0v) is 10.2. The van der Waals surface area contributed by atoms with Crippen molar-refractivity contribution in [2.75, 3.05) is 0 Å². The Bertz CT molecular complexity index is 382. The lowest BCUT2D eigenvalue weighted by Crippen LogP contribution is -2.17. The molecule has 1 atom stereocenters. The molecular formula is C14H18O3. The number of carboxylic acid groups (broad SMARTS) is 1. The van der Waals surface area contributed by atoms with E-state index in [2.05, 4.69) is 12.1 Å². The fourth-order valence-electron chi connectivity index (χ4n) is 1.32. The monoisotopic (exact) mass is 234 g/mol. The molecule has 0 aliphatic heterocycles. The first kappa shape index (κ1) is 13.3. The van der Waals surface area contributed by atoms with Gasteiger partial charge < -0.3 is 9.84 Å². The maximum Gasteiger partial charge on any atom is 0.344 e. The molecule has 0 saturated heterocycles. The number of aryl methyl sites for hydroxylation is 1. The van der Waals surface area contributed by atoms with E-state index in [0.29, 0.717) is 0 Å². The molecule has 0 aliphatic carbocycles. The van der Waals surface area contributed by atoms with E-state index < -0.39 is 12.1 Å². The predicted octanol–water partition coefficient (Wildman–Crippen LogP) is 3.01. The van der Waals surface area contributed by atoms with Crippen molar-refractivity contribution in [1.29, 1.82) is 0 Å². The number of benzene rings is 1. The molecule has 0 saturated carbocycles. The number of aliphatic carboxylic acids is 1. The minimum atomic E-state index is -0.947. The third kappa shape index (κ3) is 5.20. The third-order valence-corrected chi connectivity index (χ3v) is 2.47. The van der Waals surface area contributed by atoms with E-state index in [9.17, 15) is 4.79 Å². The first-order chi connectivity index (χ1) is 8.09. The molecule has 1 rings (SSSR count). The summed E-state index contributed by atoms with van der Waals surface area (Å²) in [5, 5.41) is 8.65. The summed E-state index contributed by atoms with van der Waals surface area (Å²) in [7, 11) is 0. The molecule has 3 heteroatoms. The van der Waals surface area contributed by atoms with Crippen molar-refractivity contribution < 1.29 is 14.6 Å². The van der Waals surface area contributed by atoms with Crippen molar-refractivity contribution in [3.63, 3.8) is 0 Å². The van der Waals surface area contributed by atoms with E-state index in [-0.39, 0.29) is 0 Å². The molecule has 1 aromatic carbocycles. The van der Waals surface area contributed by atoms with Gasteiger partial charge in [-0.25, -0.2) is 4.79 Å². The van der Waals surface area contributed by atoms with E-state index >= 15 is 0 Å². The van der Waals surface area contributed by atoms with E-state index in [0.717, 1.165) is 18.4 Å². The SMILES string of the molecule is CC(=CO[C@@H](C)C(=O)O)CCc1ccccc1. The highest BCUT2D eigenvalue weighted by atomic mass is 16.5. The van der Waals surface area contributed by atoms with E-state index in [4.69, 9.17) is 9.84 Å². The van der Waals surface area contributed by atoms with Gasteiger partial charge in [-0.05, 0) is 37.8 Å². The Labute approximate surface area is 102 Å². The molecule has 92 valence electrons. The van der Waals surface area contributed by atoms with Gasteiger partial charge in [0, 0.05) is 0 Å². The number of allylic oxidation sites excluding steroid dienone is 1. The number of hydrogen-bond donors (Lipinski definition) is 1. The van der Waals surface area contributed by atoms with E-state index in [1.807, 2.05) is 25.1 Å². The second kappa shape index (κ2) is 6.74. The highest BCUT2D eigenvalue weighted by Gasteiger charge is 2.09. The first-order valence-electron chi connectivity index (χ1n) is 5.67. The zero-order chi connectivity index (χ0) is 12.7. The van der Waals surface area contributed by atoms with Gasteiger partial charge >= 0.3 is 5.97 Å². The van der Waals surface area contributed by atoms with Crippen molar-refractivity contribution in [1.82, 2.24) is 0 Å². The van der Waals surface area contributed by atoms with Gasteiger partial charge in [-0.15, -0.1) is 0 Å². The van der Waals surface area contributed by atoms with Gasteiger partial charge in [0.05, 0.1) is 6.26 Å². The largest absolute Gasteiger partial charge is 0.487 e. The Kier molecular flexibility index (Phi) is 5.27. The van der Waals surface area contributed by atoms with Gasteiger partial charge in [-0.2, -0.15) is 0 Å². The van der Waals surface area contributed by atoms with Crippen LogP contribution in [0.3, 0.4) is 0 Å². The van der Waals surface area contributed by atoms with Gasteiger partial charge in [0.1, 0.15) is 0 Å². The molecule has 0 spiro atoms. The van der Waals surface area contributed by atoms with Crippen molar-refractivity contribution in [2.24, 2.45) is 0 Å². The Morgan fingerprint density at radius 1 is 1.41 bits per heavy atom. The average molecular weight is 234 g/mol. The maximum absolute atomic E-state index is 10.5. The maximum atomic E-state index is 10.5. The van der Waals surface area contributed by atoms with Crippen LogP contribution in [-0.2, 0) is 16.0 Å². The lowest BCUT2D eigenvalue weighted by Gasteiger charge is -2.07. The summed E-state index contributed by atoms with van der Waals surface area (Å²) in [6.07, 6.45) is 2.56. The van der Waals surface area contributed by atoms with Crippen LogP contribution in [0.15, 0.2) is 42.2 Å². The summed E-state index contributed by atoms with van der Waals surface area (Å²) in [5.41, 5.74) is 2.31. The summed E-state index contributed by atoms with van der Waals surface area (Å²) in [6, 6.07) is 10.2. The summed E-state index contributed by atoms with van der Waals surface area (Å²) in [4.78, 5) is 10.5. The minimum Gasteiger partial charge on any atom is -0.487 e. The number of carboxylic acids is 1. The predicted molar refractivity (Wildman–Crippen MR) is 66.7 cm³/mol. The van der Waals surface area contributed by atoms with Crippen molar-refractivity contribution >= 4 is 5.97 Å². The van der Waals surface area contributed by atoms with E-state index in [1.165, 1.54) is 12.5 Å². The Morgan fingerprint density at radius 2 is 2.06 bits per heavy atom. The molecule has 3 nitrogen and oxygen atoms in total. The molecule has 0 amide bonds. The summed E-state index contributed by atoms with van der Waals surface area (Å²) >= 11 is 0. The molecule has 0 fully saturated rings. The van der Waals surface area contributed by atoms with Crippen LogP contribution >= 0.6 is 0 Å². The number of carbonyl (C=O) groups is 1. The Balaban J connectivity index is 2.37. The minimum absolute atomic E-state index is 0.790. The smallest absolute Gasteiger partial charge is 0.344 e. The van der Waals surface area contributed by atoms with Crippen LogP contribution in [-0.4, -0.2) is 17.2 Å². The Hall–Kier alpha value is -1.77. The highest BCUT2D eigenvalue weighted by molar-refractivity contribution is 5.71. The molecule has 0 aromatic heterocycles. The fourth-order valence-corrected chi connectivity index (χ4v) is 1.32. The molecule has 0 bridgehead atoms. The van der Waals surface area contributed by atoms with Gasteiger partial charge in [-0.1, -0.05) is 30.3 Å². The van der Waals surface area contributed by atoms with Gasteiger partial charge in [0.25, 0.3) is 0 Å². The number of hydrogen-bond acceptors (Lipinski definition) is 2. The van der Waals surface area contributed by atoms with Crippen molar-refractivity contribution in [2.45, 2.75) is 32.8 Å². The van der Waals surface area contributed by atoms with Gasteiger partial charge in [0.15, 0.2) is 6.10 Å². The highest BCUT2D eigenvalue weighted by Crippen LogP contribution is 2.09. The zero-order valence-electron chi connectivity index (χ0n) is 10.2. The molecule has 1 N–H and O–H groups in total. The van der Waals surface area contributed by atoms with Crippen LogP contribution in [0.25, 0.3) is 0 Å². The quantitative estimate of drug-likeness (QED) is 0.769. The van der Waals surface area contributed by atoms with Crippen LogP contribution in [0.4, 0.5) is 0 Å². The molecular weight excluding hydrogens is 216 g/mol. The molecule has 0 aliphatic rings. The van der Waals surface area contributed by atoms with E-state index in [1.54, 1.807) is 6.26 Å². The molecule has 0 unspecified atom stereocenters. The van der Waals surface area contributed by atoms with Crippen LogP contribution in [0.5, 0.6) is 0 Å². The molecule has 0 heterocycles. The Morgan fingerprint density at radius 3 is 2.65 bits per heavy atom. The normalized spacial score (nSPS) is 13.2. The van der Waals surface area contributed by atoms with Crippen LogP contribution < -0.4 is 0 Å². The summed E-state index contributed by atoms with van der Waals surface area (Å²) in [6.45, 7) is 3.46.